The van der Waals surface area contributed by atoms with Crippen LogP contribution in [0.2, 0.25) is 0 Å². The predicted molar refractivity (Wildman–Crippen MR) is 148 cm³/mol. The molecule has 0 saturated heterocycles. The standard InChI is InChI=1S/C33H52O/c1-6-28(16-9-15-27(5)14-8-13-26(4)12-7-11-25(2)3)17-10-18-32(34)33-22-29-19-30(23-33)21-31(20-29)24-33/h11,13,15,17,29-31H,6-10,12,14,16,18-24H2,1-5H3/b26-13+,27-15+,28-17+. The molecule has 4 aliphatic rings. The van der Waals surface area contributed by atoms with Crippen molar-refractivity contribution in [1.29, 1.82) is 0 Å². The summed E-state index contributed by atoms with van der Waals surface area (Å²) < 4.78 is 0. The van der Waals surface area contributed by atoms with Crippen LogP contribution in [0.25, 0.3) is 0 Å². The van der Waals surface area contributed by atoms with Crippen molar-refractivity contribution >= 4 is 5.78 Å². The van der Waals surface area contributed by atoms with Gasteiger partial charge >= 0.3 is 0 Å². The molecule has 4 rings (SSSR count). The van der Waals surface area contributed by atoms with E-state index in [0.717, 1.165) is 56.3 Å². The SMILES string of the molecule is CC/C(=C\CCC(=O)C12CC3CC(CC(C3)C1)C2)CC/C=C(\C)CC/C=C(\C)CCC=C(C)C. The molecule has 0 atom stereocenters. The van der Waals surface area contributed by atoms with Gasteiger partial charge in [-0.2, -0.15) is 0 Å². The monoisotopic (exact) mass is 464 g/mol. The molecule has 4 saturated carbocycles. The minimum absolute atomic E-state index is 0.0905. The molecule has 0 amide bonds. The summed E-state index contributed by atoms with van der Waals surface area (Å²) in [4.78, 5) is 13.3. The Hall–Kier alpha value is -1.37. The minimum atomic E-state index is 0.0905. The molecule has 0 radical (unpaired) electrons. The summed E-state index contributed by atoms with van der Waals surface area (Å²) in [5.41, 5.74) is 6.08. The maximum atomic E-state index is 13.3. The van der Waals surface area contributed by atoms with Crippen molar-refractivity contribution in [3.63, 3.8) is 0 Å². The highest BCUT2D eigenvalue weighted by Gasteiger charge is 2.53. The van der Waals surface area contributed by atoms with Gasteiger partial charge in [0.25, 0.3) is 0 Å². The fraction of sp³-hybridized carbons (Fsp3) is 0.727. The van der Waals surface area contributed by atoms with E-state index in [1.807, 2.05) is 0 Å². The van der Waals surface area contributed by atoms with E-state index in [0.29, 0.717) is 5.78 Å². The quantitative estimate of drug-likeness (QED) is 0.234. The van der Waals surface area contributed by atoms with Gasteiger partial charge in [-0.3, -0.25) is 4.79 Å². The van der Waals surface area contributed by atoms with Crippen LogP contribution < -0.4 is 0 Å². The number of ketones is 1. The Kier molecular flexibility index (Phi) is 10.5. The molecule has 0 aliphatic heterocycles. The average Bonchev–Trinajstić information content (AvgIpc) is 2.76. The van der Waals surface area contributed by atoms with Crippen LogP contribution >= 0.6 is 0 Å². The lowest BCUT2D eigenvalue weighted by molar-refractivity contribution is -0.143. The molecule has 0 heterocycles. The maximum absolute atomic E-state index is 13.3. The lowest BCUT2D eigenvalue weighted by Gasteiger charge is -2.56. The third-order valence-electron chi connectivity index (χ3n) is 8.97. The highest BCUT2D eigenvalue weighted by Crippen LogP contribution is 2.60. The van der Waals surface area contributed by atoms with Crippen molar-refractivity contribution in [2.75, 3.05) is 0 Å². The predicted octanol–water partition coefficient (Wildman–Crippen LogP) is 10.1. The molecule has 4 bridgehead atoms. The smallest absolute Gasteiger partial charge is 0.139 e. The summed E-state index contributed by atoms with van der Waals surface area (Å²) in [5, 5.41) is 0. The average molecular weight is 465 g/mol. The lowest BCUT2D eigenvalue weighted by atomic mass is 9.48. The summed E-state index contributed by atoms with van der Waals surface area (Å²) in [5.74, 6) is 3.22. The Morgan fingerprint density at radius 3 is 1.65 bits per heavy atom. The first-order valence-corrected chi connectivity index (χ1v) is 14.5. The van der Waals surface area contributed by atoms with Crippen LogP contribution in [0.3, 0.4) is 0 Å². The Balaban J connectivity index is 1.36. The van der Waals surface area contributed by atoms with Crippen molar-refractivity contribution in [3.05, 3.63) is 46.6 Å². The molecule has 1 nitrogen and oxygen atoms in total. The zero-order valence-electron chi connectivity index (χ0n) is 23.1. The molecule has 0 unspecified atom stereocenters. The number of Topliss-reactive ketones (excluding diaryl/α,β-unsaturated/α-hetero) is 1. The Morgan fingerprint density at radius 1 is 0.676 bits per heavy atom. The van der Waals surface area contributed by atoms with E-state index < -0.39 is 0 Å². The number of hydrogen-bond donors (Lipinski definition) is 0. The van der Waals surface area contributed by atoms with Gasteiger partial charge in [0.2, 0.25) is 0 Å². The van der Waals surface area contributed by atoms with Gasteiger partial charge in [-0.1, -0.05) is 53.5 Å². The van der Waals surface area contributed by atoms with E-state index in [1.54, 1.807) is 0 Å². The van der Waals surface area contributed by atoms with E-state index in [-0.39, 0.29) is 5.41 Å². The zero-order valence-corrected chi connectivity index (χ0v) is 23.1. The van der Waals surface area contributed by atoms with E-state index in [1.165, 1.54) is 80.1 Å². The van der Waals surface area contributed by atoms with Gasteiger partial charge in [0.15, 0.2) is 0 Å². The van der Waals surface area contributed by atoms with Crippen LogP contribution in [0.5, 0.6) is 0 Å². The molecule has 0 aromatic carbocycles. The molecular formula is C33H52O. The zero-order chi connectivity index (χ0) is 24.6. The first-order valence-electron chi connectivity index (χ1n) is 14.5. The Morgan fingerprint density at radius 2 is 1.15 bits per heavy atom. The largest absolute Gasteiger partial charge is 0.299 e. The summed E-state index contributed by atoms with van der Waals surface area (Å²) in [6.45, 7) is 11.2. The van der Waals surface area contributed by atoms with Crippen molar-refractivity contribution < 1.29 is 4.79 Å². The fourth-order valence-electron chi connectivity index (χ4n) is 7.39. The molecule has 34 heavy (non-hydrogen) atoms. The molecular weight excluding hydrogens is 412 g/mol. The normalized spacial score (nSPS) is 29.0. The van der Waals surface area contributed by atoms with E-state index in [4.69, 9.17) is 0 Å². The molecule has 0 aromatic rings. The Bertz CT molecular complexity index is 763. The van der Waals surface area contributed by atoms with Crippen LogP contribution in [-0.4, -0.2) is 5.78 Å². The van der Waals surface area contributed by atoms with Crippen molar-refractivity contribution in [1.82, 2.24) is 0 Å². The van der Waals surface area contributed by atoms with Gasteiger partial charge in [0.1, 0.15) is 5.78 Å². The highest BCUT2D eigenvalue weighted by atomic mass is 16.1. The van der Waals surface area contributed by atoms with E-state index in [9.17, 15) is 4.79 Å². The van der Waals surface area contributed by atoms with Crippen LogP contribution in [0.15, 0.2) is 46.6 Å². The van der Waals surface area contributed by atoms with Gasteiger partial charge in [0, 0.05) is 11.8 Å². The maximum Gasteiger partial charge on any atom is 0.139 e. The van der Waals surface area contributed by atoms with Gasteiger partial charge in [-0.15, -0.1) is 0 Å². The molecule has 4 fully saturated rings. The van der Waals surface area contributed by atoms with Crippen molar-refractivity contribution in [2.24, 2.45) is 23.2 Å². The third kappa shape index (κ3) is 8.10. The van der Waals surface area contributed by atoms with Gasteiger partial charge in [-0.05, 0) is 135 Å². The molecule has 0 aromatic heterocycles. The molecule has 190 valence electrons. The molecule has 4 aliphatic carbocycles. The first-order chi connectivity index (χ1) is 16.3. The van der Waals surface area contributed by atoms with Crippen LogP contribution in [0.1, 0.15) is 131 Å². The summed E-state index contributed by atoms with van der Waals surface area (Å²) >= 11 is 0. The van der Waals surface area contributed by atoms with E-state index in [2.05, 4.69) is 58.9 Å². The molecule has 0 N–H and O–H groups in total. The molecule has 0 spiro atoms. The van der Waals surface area contributed by atoms with Gasteiger partial charge < -0.3 is 0 Å². The second-order valence-electron chi connectivity index (χ2n) is 12.4. The van der Waals surface area contributed by atoms with Gasteiger partial charge in [0.05, 0.1) is 0 Å². The Labute approximate surface area is 211 Å². The summed E-state index contributed by atoms with van der Waals surface area (Å²) in [6.07, 6.45) is 27.4. The third-order valence-corrected chi connectivity index (χ3v) is 8.97. The van der Waals surface area contributed by atoms with Crippen LogP contribution in [-0.2, 0) is 4.79 Å². The van der Waals surface area contributed by atoms with Crippen molar-refractivity contribution in [2.45, 2.75) is 131 Å². The second-order valence-corrected chi connectivity index (χ2v) is 12.4. The number of allylic oxidation sites excluding steroid dienone is 8. The summed E-state index contributed by atoms with van der Waals surface area (Å²) in [7, 11) is 0. The number of carbonyl (C=O) groups excluding carboxylic acids is 1. The van der Waals surface area contributed by atoms with Crippen molar-refractivity contribution in [3.8, 4) is 0 Å². The highest BCUT2D eigenvalue weighted by molar-refractivity contribution is 5.85. The number of hydrogen-bond acceptors (Lipinski definition) is 1. The topological polar surface area (TPSA) is 17.1 Å². The van der Waals surface area contributed by atoms with Gasteiger partial charge in [-0.25, -0.2) is 0 Å². The number of carbonyl (C=O) groups is 1. The van der Waals surface area contributed by atoms with E-state index >= 15 is 0 Å². The van der Waals surface area contributed by atoms with Crippen LogP contribution in [0.4, 0.5) is 0 Å². The fourth-order valence-corrected chi connectivity index (χ4v) is 7.39. The van der Waals surface area contributed by atoms with Crippen LogP contribution in [0, 0.1) is 23.2 Å². The minimum Gasteiger partial charge on any atom is -0.299 e. The second kappa shape index (κ2) is 13.1. The summed E-state index contributed by atoms with van der Waals surface area (Å²) in [6, 6.07) is 0. The first kappa shape index (κ1) is 27.2. The number of rotatable bonds is 14. The molecule has 1 heteroatoms. The lowest BCUT2D eigenvalue weighted by Crippen LogP contribution is -2.49.